The normalized spacial score (nSPS) is 19.0. The lowest BCUT2D eigenvalue weighted by Crippen LogP contribution is -2.39. The van der Waals surface area contributed by atoms with E-state index >= 15 is 0 Å². The van der Waals surface area contributed by atoms with Crippen molar-refractivity contribution < 1.29 is 19.8 Å². The first kappa shape index (κ1) is 22.8. The highest BCUT2D eigenvalue weighted by atomic mass is 16.4. The summed E-state index contributed by atoms with van der Waals surface area (Å²) in [7, 11) is 0. The summed E-state index contributed by atoms with van der Waals surface area (Å²) in [5, 5.41) is 19.0. The molecule has 1 heterocycles. The van der Waals surface area contributed by atoms with Crippen LogP contribution >= 0.6 is 0 Å². The van der Waals surface area contributed by atoms with Gasteiger partial charge in [-0.3, -0.25) is 4.79 Å². The van der Waals surface area contributed by atoms with E-state index in [9.17, 15) is 19.8 Å². The van der Waals surface area contributed by atoms with E-state index in [2.05, 4.69) is 12.1 Å². The van der Waals surface area contributed by atoms with Gasteiger partial charge in [-0.25, -0.2) is 4.79 Å². The number of carboxylic acids is 1. The molecule has 0 radical (unpaired) electrons. The third kappa shape index (κ3) is 5.54. The minimum atomic E-state index is -0.938. The summed E-state index contributed by atoms with van der Waals surface area (Å²) < 4.78 is 0. The first-order valence-corrected chi connectivity index (χ1v) is 11.9. The van der Waals surface area contributed by atoms with E-state index in [-0.39, 0.29) is 11.7 Å². The predicted molar refractivity (Wildman–Crippen MR) is 130 cm³/mol. The highest BCUT2D eigenvalue weighted by Gasteiger charge is 2.32. The van der Waals surface area contributed by atoms with Gasteiger partial charge in [0.15, 0.2) is 0 Å². The number of hydrogen-bond acceptors (Lipinski definition) is 3. The van der Waals surface area contributed by atoms with E-state index in [1.807, 2.05) is 24.3 Å². The van der Waals surface area contributed by atoms with Gasteiger partial charge < -0.3 is 15.1 Å². The number of aromatic hydroxyl groups is 1. The predicted octanol–water partition coefficient (Wildman–Crippen LogP) is 5.64. The monoisotopic (exact) mass is 445 g/mol. The number of rotatable bonds is 5. The second kappa shape index (κ2) is 10.5. The second-order valence-corrected chi connectivity index (χ2v) is 8.92. The number of carbonyl (C=O) groups is 2. The van der Waals surface area contributed by atoms with Crippen molar-refractivity contribution in [1.29, 1.82) is 0 Å². The molecule has 2 aromatic rings. The van der Waals surface area contributed by atoms with Crippen LogP contribution in [-0.2, 0) is 9.59 Å². The lowest BCUT2D eigenvalue weighted by Gasteiger charge is -2.19. The Balaban J connectivity index is 1.57. The quantitative estimate of drug-likeness (QED) is 0.461. The molecule has 0 bridgehead atoms. The van der Waals surface area contributed by atoms with Gasteiger partial charge in [-0.05, 0) is 79.0 Å². The molecule has 0 aromatic heterocycles. The molecule has 1 saturated carbocycles. The number of phenols is 1. The number of aliphatic carboxylic acids is 1. The molecular weight excluding hydrogens is 414 g/mol. The van der Waals surface area contributed by atoms with E-state index in [1.54, 1.807) is 18.2 Å². The van der Waals surface area contributed by atoms with Crippen LogP contribution in [0, 0.1) is 0 Å². The Hall–Kier alpha value is -3.34. The molecule has 1 amide bonds. The Morgan fingerprint density at radius 1 is 0.848 bits per heavy atom. The summed E-state index contributed by atoms with van der Waals surface area (Å²) >= 11 is 0. The lowest BCUT2D eigenvalue weighted by atomic mass is 9.89. The highest BCUT2D eigenvalue weighted by Crippen LogP contribution is 2.35. The van der Waals surface area contributed by atoms with Crippen molar-refractivity contribution in [3.63, 3.8) is 0 Å². The second-order valence-electron chi connectivity index (χ2n) is 8.92. The van der Waals surface area contributed by atoms with Crippen molar-refractivity contribution in [2.45, 2.75) is 57.4 Å². The summed E-state index contributed by atoms with van der Waals surface area (Å²) in [5.41, 5.74) is 5.84. The van der Waals surface area contributed by atoms with Gasteiger partial charge in [0.1, 0.15) is 11.8 Å². The third-order valence-electron chi connectivity index (χ3n) is 6.66. The van der Waals surface area contributed by atoms with Gasteiger partial charge >= 0.3 is 5.97 Å². The first-order chi connectivity index (χ1) is 16.0. The minimum Gasteiger partial charge on any atom is -0.508 e. The Morgan fingerprint density at radius 2 is 1.45 bits per heavy atom. The summed E-state index contributed by atoms with van der Waals surface area (Å²) in [5.74, 6) is -0.932. The molecule has 1 atom stereocenters. The first-order valence-electron chi connectivity index (χ1n) is 11.9. The molecule has 2 aromatic carbocycles. The number of allylic oxidation sites excluding steroid dienone is 1. The maximum Gasteiger partial charge on any atom is 0.326 e. The number of hydrogen-bond donors (Lipinski definition) is 2. The van der Waals surface area contributed by atoms with Crippen LogP contribution < -0.4 is 0 Å². The van der Waals surface area contributed by atoms with Crippen LogP contribution in [0.2, 0.25) is 0 Å². The SMILES string of the molecule is O=C(O)C1CCCN1C(=O)/C=C/c1ccc(C(=C2CCCCCC2)c2ccc(O)cc2)cc1. The van der Waals surface area contributed by atoms with Crippen LogP contribution in [0.15, 0.2) is 60.2 Å². The molecule has 2 fully saturated rings. The van der Waals surface area contributed by atoms with E-state index in [1.165, 1.54) is 47.8 Å². The highest BCUT2D eigenvalue weighted by molar-refractivity contribution is 5.95. The molecule has 0 spiro atoms. The molecule has 1 aliphatic heterocycles. The largest absolute Gasteiger partial charge is 0.508 e. The molecule has 1 unspecified atom stereocenters. The van der Waals surface area contributed by atoms with Crippen molar-refractivity contribution in [2.75, 3.05) is 6.54 Å². The number of benzene rings is 2. The third-order valence-corrected chi connectivity index (χ3v) is 6.66. The fourth-order valence-corrected chi connectivity index (χ4v) is 4.92. The van der Waals surface area contributed by atoms with Gasteiger partial charge in [0.2, 0.25) is 5.91 Å². The van der Waals surface area contributed by atoms with Crippen LogP contribution in [0.1, 0.15) is 68.1 Å². The molecule has 172 valence electrons. The average molecular weight is 446 g/mol. The van der Waals surface area contributed by atoms with Gasteiger partial charge in [0.25, 0.3) is 0 Å². The summed E-state index contributed by atoms with van der Waals surface area (Å²) in [4.78, 5) is 25.3. The molecule has 5 heteroatoms. The minimum absolute atomic E-state index is 0.255. The summed E-state index contributed by atoms with van der Waals surface area (Å²) in [6.45, 7) is 0.489. The topological polar surface area (TPSA) is 77.8 Å². The number of carbonyl (C=O) groups excluding carboxylic acids is 1. The van der Waals surface area contributed by atoms with Crippen LogP contribution in [0.3, 0.4) is 0 Å². The van der Waals surface area contributed by atoms with Crippen molar-refractivity contribution in [1.82, 2.24) is 4.90 Å². The summed E-state index contributed by atoms with van der Waals surface area (Å²) in [6, 6.07) is 14.9. The van der Waals surface area contributed by atoms with Crippen molar-refractivity contribution >= 4 is 23.5 Å². The van der Waals surface area contributed by atoms with Crippen molar-refractivity contribution in [3.8, 4) is 5.75 Å². The van der Waals surface area contributed by atoms with Gasteiger partial charge in [-0.2, -0.15) is 0 Å². The molecule has 1 saturated heterocycles. The number of amides is 1. The van der Waals surface area contributed by atoms with Crippen molar-refractivity contribution in [3.05, 3.63) is 76.9 Å². The van der Waals surface area contributed by atoms with E-state index < -0.39 is 12.0 Å². The molecule has 5 nitrogen and oxygen atoms in total. The zero-order valence-electron chi connectivity index (χ0n) is 18.9. The van der Waals surface area contributed by atoms with Gasteiger partial charge in [0.05, 0.1) is 0 Å². The van der Waals surface area contributed by atoms with Gasteiger partial charge in [-0.15, -0.1) is 0 Å². The molecule has 2 aliphatic rings. The number of carboxylic acid groups (broad SMARTS) is 1. The smallest absolute Gasteiger partial charge is 0.326 e. The number of phenolic OH excluding ortho intramolecular Hbond substituents is 1. The number of nitrogens with zero attached hydrogens (tertiary/aromatic N) is 1. The van der Waals surface area contributed by atoms with E-state index in [0.29, 0.717) is 13.0 Å². The average Bonchev–Trinajstić information content (AvgIpc) is 3.18. The lowest BCUT2D eigenvalue weighted by molar-refractivity contribution is -0.146. The van der Waals surface area contributed by atoms with E-state index in [4.69, 9.17) is 0 Å². The van der Waals surface area contributed by atoms with Crippen LogP contribution in [-0.4, -0.2) is 39.6 Å². The Kier molecular flexibility index (Phi) is 7.28. The van der Waals surface area contributed by atoms with Crippen LogP contribution in [0.5, 0.6) is 5.75 Å². The fraction of sp³-hybridized carbons (Fsp3) is 0.357. The molecule has 33 heavy (non-hydrogen) atoms. The fourth-order valence-electron chi connectivity index (χ4n) is 4.92. The molecule has 4 rings (SSSR count). The van der Waals surface area contributed by atoms with Crippen LogP contribution in [0.4, 0.5) is 0 Å². The zero-order chi connectivity index (χ0) is 23.2. The molecule has 1 aliphatic carbocycles. The van der Waals surface area contributed by atoms with Crippen molar-refractivity contribution in [2.24, 2.45) is 0 Å². The zero-order valence-corrected chi connectivity index (χ0v) is 18.9. The Morgan fingerprint density at radius 3 is 2.06 bits per heavy atom. The van der Waals surface area contributed by atoms with Gasteiger partial charge in [-0.1, -0.05) is 54.8 Å². The Labute approximate surface area is 195 Å². The molecule has 2 N–H and O–H groups in total. The maximum absolute atomic E-state index is 12.5. The van der Waals surface area contributed by atoms with Gasteiger partial charge in [0, 0.05) is 12.6 Å². The molecular formula is C28H31NO4. The Bertz CT molecular complexity index is 1040. The standard InChI is InChI=1S/C28H31NO4/c30-24-16-14-23(15-17-24)27(21-6-3-1-2-4-7-21)22-12-9-20(10-13-22)11-18-26(31)29-19-5-8-25(29)28(32)33/h9-18,25,30H,1-8,19H2,(H,32,33)/b18-11+. The van der Waals surface area contributed by atoms with Crippen LogP contribution in [0.25, 0.3) is 11.6 Å². The maximum atomic E-state index is 12.5. The number of likely N-dealkylation sites (tertiary alicyclic amines) is 1. The van der Waals surface area contributed by atoms with E-state index in [0.717, 1.165) is 36.0 Å². The summed E-state index contributed by atoms with van der Waals surface area (Å²) in [6.07, 6.45) is 11.6.